The van der Waals surface area contributed by atoms with E-state index in [1.165, 1.54) is 7.11 Å². The molecule has 1 aromatic rings. The fraction of sp³-hybridized carbons (Fsp3) is 0.526. The lowest BCUT2D eigenvalue weighted by atomic mass is 10.0. The minimum atomic E-state index is -2.02. The number of methoxy groups -OCH3 is 1. The highest BCUT2D eigenvalue weighted by molar-refractivity contribution is 6.74. The van der Waals surface area contributed by atoms with E-state index in [1.807, 2.05) is 49.4 Å². The van der Waals surface area contributed by atoms with E-state index in [0.29, 0.717) is 0 Å². The molecule has 0 bridgehead atoms. The predicted molar refractivity (Wildman–Crippen MR) is 98.8 cm³/mol. The zero-order valence-corrected chi connectivity index (χ0v) is 16.5. The maximum atomic E-state index is 11.9. The van der Waals surface area contributed by atoms with Crippen LogP contribution in [0.25, 0.3) is 6.08 Å². The molecule has 0 aliphatic heterocycles. The number of ether oxygens (including phenoxy) is 1. The van der Waals surface area contributed by atoms with Crippen LogP contribution in [-0.4, -0.2) is 27.0 Å². The lowest BCUT2D eigenvalue weighted by molar-refractivity contribution is -0.143. The summed E-state index contributed by atoms with van der Waals surface area (Å²) in [5, 5.41) is 0.0744. The first-order valence-corrected chi connectivity index (χ1v) is 10.9. The Labute approximate surface area is 141 Å². The Hall–Kier alpha value is -1.39. The summed E-state index contributed by atoms with van der Waals surface area (Å²) in [4.78, 5) is 11.9. The van der Waals surface area contributed by atoms with Crippen molar-refractivity contribution in [1.82, 2.24) is 0 Å². The maximum absolute atomic E-state index is 11.9. The molecule has 0 spiro atoms. The van der Waals surface area contributed by atoms with Crippen LogP contribution in [0.2, 0.25) is 18.1 Å². The van der Waals surface area contributed by atoms with E-state index in [1.54, 1.807) is 0 Å². The number of hydrogen-bond donors (Lipinski definition) is 0. The van der Waals surface area contributed by atoms with Crippen molar-refractivity contribution in [2.75, 3.05) is 7.11 Å². The summed E-state index contributed by atoms with van der Waals surface area (Å²) >= 11 is 0. The standard InChI is InChI=1S/C19H30O3Si/c1-18(2,3)23(6,7)22-19(4,15-17(20)21-5)14-13-16-11-9-8-10-12-16/h8-14H,15H2,1-7H3/b14-13+/t19-/m1/s1. The SMILES string of the molecule is COC(=O)C[C@@](C)(/C=C/c1ccccc1)O[Si](C)(C)C(C)(C)C. The van der Waals surface area contributed by atoms with Crippen LogP contribution in [0.1, 0.15) is 39.7 Å². The van der Waals surface area contributed by atoms with E-state index in [4.69, 9.17) is 9.16 Å². The summed E-state index contributed by atoms with van der Waals surface area (Å²) in [6.45, 7) is 12.9. The van der Waals surface area contributed by atoms with Gasteiger partial charge in [-0.2, -0.15) is 0 Å². The van der Waals surface area contributed by atoms with Gasteiger partial charge in [-0.15, -0.1) is 0 Å². The molecule has 4 heteroatoms. The Morgan fingerprint density at radius 3 is 2.17 bits per heavy atom. The van der Waals surface area contributed by atoms with Crippen LogP contribution in [0.4, 0.5) is 0 Å². The third-order valence-corrected chi connectivity index (χ3v) is 9.03. The Bertz CT molecular complexity index is 543. The van der Waals surface area contributed by atoms with Crippen molar-refractivity contribution < 1.29 is 14.0 Å². The summed E-state index contributed by atoms with van der Waals surface area (Å²) in [5.41, 5.74) is 0.411. The molecular weight excluding hydrogens is 304 g/mol. The second-order valence-electron chi connectivity index (χ2n) is 7.67. The van der Waals surface area contributed by atoms with Crippen molar-refractivity contribution in [3.63, 3.8) is 0 Å². The maximum Gasteiger partial charge on any atom is 0.308 e. The van der Waals surface area contributed by atoms with Crippen LogP contribution < -0.4 is 0 Å². The second-order valence-corrected chi connectivity index (χ2v) is 12.4. The van der Waals surface area contributed by atoms with E-state index in [2.05, 4.69) is 33.9 Å². The van der Waals surface area contributed by atoms with E-state index in [0.717, 1.165) is 5.56 Å². The van der Waals surface area contributed by atoms with Crippen LogP contribution >= 0.6 is 0 Å². The smallest absolute Gasteiger partial charge is 0.308 e. The van der Waals surface area contributed by atoms with E-state index >= 15 is 0 Å². The Morgan fingerprint density at radius 2 is 1.70 bits per heavy atom. The molecule has 0 aromatic heterocycles. The minimum Gasteiger partial charge on any atom is -0.469 e. The summed E-state index contributed by atoms with van der Waals surface area (Å²) in [6.07, 6.45) is 4.20. The first-order chi connectivity index (χ1) is 10.5. The highest BCUT2D eigenvalue weighted by Gasteiger charge is 2.43. The monoisotopic (exact) mass is 334 g/mol. The third-order valence-electron chi connectivity index (χ3n) is 4.45. The van der Waals surface area contributed by atoms with Crippen LogP contribution in [0, 0.1) is 0 Å². The largest absolute Gasteiger partial charge is 0.469 e. The molecule has 0 N–H and O–H groups in total. The quantitative estimate of drug-likeness (QED) is 0.540. The highest BCUT2D eigenvalue weighted by Crippen LogP contribution is 2.40. The number of carbonyl (C=O) groups excluding carboxylic acids is 1. The molecule has 0 unspecified atom stereocenters. The summed E-state index contributed by atoms with van der Waals surface area (Å²) in [7, 11) is -0.604. The van der Waals surface area contributed by atoms with Crippen molar-refractivity contribution in [3.05, 3.63) is 42.0 Å². The van der Waals surface area contributed by atoms with E-state index < -0.39 is 13.9 Å². The molecule has 23 heavy (non-hydrogen) atoms. The number of rotatable bonds is 6. The van der Waals surface area contributed by atoms with Gasteiger partial charge in [0.25, 0.3) is 0 Å². The second kappa shape index (κ2) is 7.45. The van der Waals surface area contributed by atoms with Crippen molar-refractivity contribution in [3.8, 4) is 0 Å². The fourth-order valence-electron chi connectivity index (χ4n) is 2.06. The highest BCUT2D eigenvalue weighted by atomic mass is 28.4. The van der Waals surface area contributed by atoms with Crippen molar-refractivity contribution >= 4 is 20.4 Å². The lowest BCUT2D eigenvalue weighted by Gasteiger charge is -2.42. The van der Waals surface area contributed by atoms with Crippen molar-refractivity contribution in [1.29, 1.82) is 0 Å². The minimum absolute atomic E-state index is 0.0744. The van der Waals surface area contributed by atoms with Gasteiger partial charge in [0.05, 0.1) is 19.1 Å². The lowest BCUT2D eigenvalue weighted by Crippen LogP contribution is -2.48. The molecule has 1 aromatic carbocycles. The van der Waals surface area contributed by atoms with Crippen LogP contribution in [0.3, 0.4) is 0 Å². The molecular formula is C19H30O3Si. The van der Waals surface area contributed by atoms with Gasteiger partial charge in [0.1, 0.15) is 0 Å². The Morgan fingerprint density at radius 1 is 1.13 bits per heavy atom. The molecule has 128 valence electrons. The summed E-state index contributed by atoms with van der Waals surface area (Å²) in [5.74, 6) is -0.260. The molecule has 0 saturated heterocycles. The fourth-order valence-corrected chi connectivity index (χ4v) is 3.67. The van der Waals surface area contributed by atoms with E-state index in [9.17, 15) is 4.79 Å². The van der Waals surface area contributed by atoms with Crippen LogP contribution in [0.5, 0.6) is 0 Å². The zero-order valence-electron chi connectivity index (χ0n) is 15.5. The summed E-state index contributed by atoms with van der Waals surface area (Å²) < 4.78 is 11.4. The van der Waals surface area contributed by atoms with Gasteiger partial charge in [-0.25, -0.2) is 0 Å². The van der Waals surface area contributed by atoms with Gasteiger partial charge >= 0.3 is 5.97 Å². The van der Waals surface area contributed by atoms with E-state index in [-0.39, 0.29) is 17.4 Å². The van der Waals surface area contributed by atoms with Gasteiger partial charge in [-0.3, -0.25) is 4.79 Å². The van der Waals surface area contributed by atoms with Gasteiger partial charge in [-0.1, -0.05) is 63.3 Å². The topological polar surface area (TPSA) is 35.5 Å². The average molecular weight is 335 g/mol. The van der Waals surface area contributed by atoms with Gasteiger partial charge in [0, 0.05) is 0 Å². The van der Waals surface area contributed by atoms with Crippen molar-refractivity contribution in [2.45, 2.75) is 57.8 Å². The molecule has 0 aliphatic carbocycles. The van der Waals surface area contributed by atoms with Crippen molar-refractivity contribution in [2.24, 2.45) is 0 Å². The van der Waals surface area contributed by atoms with Gasteiger partial charge < -0.3 is 9.16 Å². The third kappa shape index (κ3) is 5.96. The number of esters is 1. The summed E-state index contributed by atoms with van der Waals surface area (Å²) in [6, 6.07) is 10.0. The van der Waals surface area contributed by atoms with Gasteiger partial charge in [-0.05, 0) is 30.6 Å². The molecule has 0 radical (unpaired) electrons. The Kier molecular flexibility index (Phi) is 6.37. The molecule has 0 saturated carbocycles. The van der Waals surface area contributed by atoms with Crippen LogP contribution in [-0.2, 0) is 14.0 Å². The molecule has 1 rings (SSSR count). The molecule has 0 aliphatic rings. The normalized spacial score (nSPS) is 15.4. The molecule has 1 atom stereocenters. The first-order valence-electron chi connectivity index (χ1n) is 8.00. The number of carbonyl (C=O) groups is 1. The zero-order chi connectivity index (χ0) is 17.7. The number of hydrogen-bond acceptors (Lipinski definition) is 3. The first kappa shape index (κ1) is 19.7. The predicted octanol–water partition coefficient (Wildman–Crippen LogP) is 5.04. The van der Waals surface area contributed by atoms with Crippen LogP contribution in [0.15, 0.2) is 36.4 Å². The average Bonchev–Trinajstić information content (AvgIpc) is 2.44. The van der Waals surface area contributed by atoms with Gasteiger partial charge in [0.15, 0.2) is 8.32 Å². The molecule has 0 heterocycles. The Balaban J connectivity index is 3.07. The van der Waals surface area contributed by atoms with Gasteiger partial charge in [0.2, 0.25) is 0 Å². The molecule has 0 fully saturated rings. The number of benzene rings is 1. The molecule has 0 amide bonds. The molecule has 3 nitrogen and oxygen atoms in total.